The van der Waals surface area contributed by atoms with E-state index in [9.17, 15) is 14.7 Å². The second-order valence-corrected chi connectivity index (χ2v) is 2.46. The molecule has 0 aliphatic carbocycles. The minimum absolute atomic E-state index is 0.102. The molecule has 0 saturated heterocycles. The second-order valence-electron chi connectivity index (χ2n) is 2.46. The molecule has 0 N–H and O–H groups in total. The molecule has 4 heteroatoms. The molecule has 0 aliphatic heterocycles. The Labute approximate surface area is 65.2 Å². The number of hydrogen-bond donors (Lipinski definition) is 0. The number of methoxy groups -OCH3 is 1. The van der Waals surface area contributed by atoms with E-state index < -0.39 is 11.9 Å². The van der Waals surface area contributed by atoms with Gasteiger partial charge in [0.25, 0.3) is 0 Å². The minimum Gasteiger partial charge on any atom is -0.550 e. The van der Waals surface area contributed by atoms with Crippen LogP contribution in [0.5, 0.6) is 0 Å². The van der Waals surface area contributed by atoms with Crippen LogP contribution in [0.4, 0.5) is 0 Å². The summed E-state index contributed by atoms with van der Waals surface area (Å²) in [6, 6.07) is 0. The Morgan fingerprint density at radius 1 is 1.45 bits per heavy atom. The van der Waals surface area contributed by atoms with Crippen molar-refractivity contribution in [1.29, 1.82) is 0 Å². The summed E-state index contributed by atoms with van der Waals surface area (Å²) in [6.45, 7) is 1.66. The third-order valence-corrected chi connectivity index (χ3v) is 1.26. The number of rotatable bonds is 4. The first-order valence-corrected chi connectivity index (χ1v) is 3.33. The SMILES string of the molecule is COC(=O)C[C@H](C)CC(=O)[O-]. The topological polar surface area (TPSA) is 66.4 Å². The average molecular weight is 159 g/mol. The van der Waals surface area contributed by atoms with Crippen molar-refractivity contribution in [1.82, 2.24) is 0 Å². The van der Waals surface area contributed by atoms with Crippen LogP contribution in [-0.4, -0.2) is 19.0 Å². The van der Waals surface area contributed by atoms with Crippen molar-refractivity contribution in [2.45, 2.75) is 19.8 Å². The summed E-state index contributed by atoms with van der Waals surface area (Å²) >= 11 is 0. The lowest BCUT2D eigenvalue weighted by molar-refractivity contribution is -0.306. The number of carbonyl (C=O) groups excluding carboxylic acids is 2. The number of carbonyl (C=O) groups is 2. The fraction of sp³-hybridized carbons (Fsp3) is 0.714. The maximum atomic E-state index is 10.6. The first-order valence-electron chi connectivity index (χ1n) is 3.33. The van der Waals surface area contributed by atoms with Crippen LogP contribution >= 0.6 is 0 Å². The van der Waals surface area contributed by atoms with Crippen LogP contribution in [-0.2, 0) is 14.3 Å². The minimum atomic E-state index is -1.14. The summed E-state index contributed by atoms with van der Waals surface area (Å²) in [5, 5.41) is 10.0. The van der Waals surface area contributed by atoms with Gasteiger partial charge in [-0.15, -0.1) is 0 Å². The van der Waals surface area contributed by atoms with Crippen molar-refractivity contribution in [2.75, 3.05) is 7.11 Å². The zero-order valence-corrected chi connectivity index (χ0v) is 6.62. The fourth-order valence-corrected chi connectivity index (χ4v) is 0.725. The predicted octanol–water partition coefficient (Wildman–Crippen LogP) is -0.674. The van der Waals surface area contributed by atoms with Crippen LogP contribution in [0.1, 0.15) is 19.8 Å². The molecule has 0 aliphatic rings. The van der Waals surface area contributed by atoms with Gasteiger partial charge in [-0.25, -0.2) is 0 Å². The highest BCUT2D eigenvalue weighted by atomic mass is 16.5. The highest BCUT2D eigenvalue weighted by Gasteiger charge is 2.08. The number of aliphatic carboxylic acids is 1. The van der Waals surface area contributed by atoms with Crippen molar-refractivity contribution < 1.29 is 19.4 Å². The standard InChI is InChI=1S/C7H12O4/c1-5(3-6(8)9)4-7(10)11-2/h5H,3-4H2,1-2H3,(H,8,9)/p-1/t5-/m1/s1. The molecule has 64 valence electrons. The highest BCUT2D eigenvalue weighted by Crippen LogP contribution is 2.06. The quantitative estimate of drug-likeness (QED) is 0.510. The third kappa shape index (κ3) is 5.39. The van der Waals surface area contributed by atoms with Gasteiger partial charge >= 0.3 is 5.97 Å². The molecule has 4 nitrogen and oxygen atoms in total. The fourth-order valence-electron chi connectivity index (χ4n) is 0.725. The molecule has 0 heterocycles. The van der Waals surface area contributed by atoms with Gasteiger partial charge < -0.3 is 14.6 Å². The van der Waals surface area contributed by atoms with Crippen LogP contribution in [0.25, 0.3) is 0 Å². The van der Waals surface area contributed by atoms with Crippen molar-refractivity contribution in [2.24, 2.45) is 5.92 Å². The number of carboxylic acid groups (broad SMARTS) is 1. The Bertz CT molecular complexity index is 153. The van der Waals surface area contributed by atoms with Crippen molar-refractivity contribution in [3.8, 4) is 0 Å². The average Bonchev–Trinajstić information content (AvgIpc) is 1.85. The van der Waals surface area contributed by atoms with Gasteiger partial charge in [0.05, 0.1) is 7.11 Å². The largest absolute Gasteiger partial charge is 0.550 e. The predicted molar refractivity (Wildman–Crippen MR) is 35.4 cm³/mol. The molecule has 0 aromatic heterocycles. The smallest absolute Gasteiger partial charge is 0.305 e. The van der Waals surface area contributed by atoms with Gasteiger partial charge in [0.15, 0.2) is 0 Å². The molecule has 11 heavy (non-hydrogen) atoms. The Morgan fingerprint density at radius 3 is 2.36 bits per heavy atom. The monoisotopic (exact) mass is 159 g/mol. The lowest BCUT2D eigenvalue weighted by atomic mass is 10.0. The number of carboxylic acids is 1. The molecule has 0 amide bonds. The van der Waals surface area contributed by atoms with Gasteiger partial charge in [-0.1, -0.05) is 6.92 Å². The Hall–Kier alpha value is -1.06. The lowest BCUT2D eigenvalue weighted by Crippen LogP contribution is -2.25. The first kappa shape index (κ1) is 9.94. The van der Waals surface area contributed by atoms with Crippen LogP contribution in [0, 0.1) is 5.92 Å². The molecular formula is C7H11O4-. The van der Waals surface area contributed by atoms with Gasteiger partial charge in [-0.05, 0) is 12.3 Å². The van der Waals surface area contributed by atoms with E-state index in [-0.39, 0.29) is 18.8 Å². The van der Waals surface area contributed by atoms with Crippen LogP contribution in [0.2, 0.25) is 0 Å². The second kappa shape index (κ2) is 4.71. The van der Waals surface area contributed by atoms with E-state index in [1.807, 2.05) is 0 Å². The Morgan fingerprint density at radius 2 is 2.00 bits per heavy atom. The van der Waals surface area contributed by atoms with Gasteiger partial charge in [-0.3, -0.25) is 4.79 Å². The molecular weight excluding hydrogens is 148 g/mol. The summed E-state index contributed by atoms with van der Waals surface area (Å²) in [4.78, 5) is 20.6. The number of esters is 1. The molecule has 0 radical (unpaired) electrons. The summed E-state index contributed by atoms with van der Waals surface area (Å²) in [6.07, 6.45) is 0.0274. The molecule has 0 aromatic rings. The maximum absolute atomic E-state index is 10.6. The summed E-state index contributed by atoms with van der Waals surface area (Å²) < 4.78 is 4.35. The molecule has 1 atom stereocenters. The van der Waals surface area contributed by atoms with Gasteiger partial charge in [-0.2, -0.15) is 0 Å². The van der Waals surface area contributed by atoms with Crippen LogP contribution in [0.3, 0.4) is 0 Å². The third-order valence-electron chi connectivity index (χ3n) is 1.26. The zero-order valence-electron chi connectivity index (χ0n) is 6.62. The zero-order chi connectivity index (χ0) is 8.85. The van der Waals surface area contributed by atoms with E-state index >= 15 is 0 Å². The molecule has 0 fully saturated rings. The molecule has 0 unspecified atom stereocenters. The van der Waals surface area contributed by atoms with E-state index in [2.05, 4.69) is 4.74 Å². The van der Waals surface area contributed by atoms with E-state index in [4.69, 9.17) is 0 Å². The number of hydrogen-bond acceptors (Lipinski definition) is 4. The first-order chi connectivity index (χ1) is 5.06. The molecule has 0 spiro atoms. The van der Waals surface area contributed by atoms with E-state index in [1.165, 1.54) is 7.11 Å². The van der Waals surface area contributed by atoms with Gasteiger partial charge in [0.2, 0.25) is 0 Å². The molecule has 0 saturated carbocycles. The van der Waals surface area contributed by atoms with E-state index in [0.717, 1.165) is 0 Å². The summed E-state index contributed by atoms with van der Waals surface area (Å²) in [7, 11) is 1.27. The maximum Gasteiger partial charge on any atom is 0.305 e. The summed E-state index contributed by atoms with van der Waals surface area (Å²) in [5.74, 6) is -1.74. The molecule has 0 rings (SSSR count). The lowest BCUT2D eigenvalue weighted by Gasteiger charge is -2.09. The highest BCUT2D eigenvalue weighted by molar-refractivity contribution is 5.71. The van der Waals surface area contributed by atoms with E-state index in [0.29, 0.717) is 0 Å². The Kier molecular flexibility index (Phi) is 4.26. The van der Waals surface area contributed by atoms with E-state index in [1.54, 1.807) is 6.92 Å². The van der Waals surface area contributed by atoms with Crippen LogP contribution < -0.4 is 5.11 Å². The molecule has 0 bridgehead atoms. The van der Waals surface area contributed by atoms with Crippen molar-refractivity contribution in [3.63, 3.8) is 0 Å². The van der Waals surface area contributed by atoms with Crippen molar-refractivity contribution in [3.05, 3.63) is 0 Å². The van der Waals surface area contributed by atoms with Gasteiger partial charge in [0.1, 0.15) is 0 Å². The normalized spacial score (nSPS) is 12.2. The van der Waals surface area contributed by atoms with Crippen molar-refractivity contribution >= 4 is 11.9 Å². The Balaban J connectivity index is 3.60. The van der Waals surface area contributed by atoms with Crippen LogP contribution in [0.15, 0.2) is 0 Å². The summed E-state index contributed by atoms with van der Waals surface area (Å²) in [5.41, 5.74) is 0. The van der Waals surface area contributed by atoms with Gasteiger partial charge in [0, 0.05) is 12.4 Å². The number of ether oxygens (including phenoxy) is 1. The molecule has 0 aromatic carbocycles.